The van der Waals surface area contributed by atoms with Crippen LogP contribution >= 0.6 is 0 Å². The molecule has 7 heteroatoms. The molecule has 134 valence electrons. The van der Waals surface area contributed by atoms with Gasteiger partial charge in [-0.15, -0.1) is 0 Å². The first-order chi connectivity index (χ1) is 11.8. The zero-order valence-corrected chi connectivity index (χ0v) is 15.8. The molecule has 0 spiro atoms. The van der Waals surface area contributed by atoms with Crippen LogP contribution in [-0.2, 0) is 10.0 Å². The summed E-state index contributed by atoms with van der Waals surface area (Å²) in [5, 5.41) is 3.88. The summed E-state index contributed by atoms with van der Waals surface area (Å²) in [7, 11) is -0.684. The highest BCUT2D eigenvalue weighted by Gasteiger charge is 2.19. The molecular formula is C18H22N2O4S. The smallest absolute Gasteiger partial charge is 0.277 e. The fourth-order valence-corrected chi connectivity index (χ4v) is 3.99. The van der Waals surface area contributed by atoms with Crippen LogP contribution in [0.3, 0.4) is 0 Å². The van der Waals surface area contributed by atoms with Crippen LogP contribution in [0.25, 0.3) is 0 Å². The van der Waals surface area contributed by atoms with Gasteiger partial charge in [0.25, 0.3) is 10.0 Å². The van der Waals surface area contributed by atoms with Gasteiger partial charge in [0, 0.05) is 5.56 Å². The monoisotopic (exact) mass is 362 g/mol. The maximum atomic E-state index is 12.6. The number of hydrogen-bond donors (Lipinski definition) is 1. The molecule has 0 saturated heterocycles. The van der Waals surface area contributed by atoms with Crippen molar-refractivity contribution < 1.29 is 17.9 Å². The van der Waals surface area contributed by atoms with E-state index in [1.165, 1.54) is 13.3 Å². The van der Waals surface area contributed by atoms with Gasteiger partial charge in [-0.2, -0.15) is 13.5 Å². The fourth-order valence-electron chi connectivity index (χ4n) is 2.74. The van der Waals surface area contributed by atoms with Crippen molar-refractivity contribution in [3.63, 3.8) is 0 Å². The van der Waals surface area contributed by atoms with Crippen LogP contribution in [0.5, 0.6) is 11.5 Å². The Morgan fingerprint density at radius 2 is 1.64 bits per heavy atom. The maximum absolute atomic E-state index is 12.6. The number of hydrogen-bond acceptors (Lipinski definition) is 5. The number of ether oxygens (including phenoxy) is 2. The molecule has 0 aromatic heterocycles. The molecule has 0 atom stereocenters. The van der Waals surface area contributed by atoms with Crippen LogP contribution in [0, 0.1) is 20.8 Å². The molecule has 0 saturated carbocycles. The third kappa shape index (κ3) is 4.30. The third-order valence-electron chi connectivity index (χ3n) is 3.69. The first-order valence-corrected chi connectivity index (χ1v) is 9.11. The standard InChI is InChI=1S/C18H22N2O4S/c1-12-8-13(2)18(14(3)9-12)25(21,22)20-19-11-15-10-16(23-4)6-7-17(15)24-5/h6-11,20H,1-5H3/b19-11+. The molecule has 0 amide bonds. The van der Waals surface area contributed by atoms with Gasteiger partial charge in [0.05, 0.1) is 25.3 Å². The van der Waals surface area contributed by atoms with E-state index in [0.29, 0.717) is 28.2 Å². The van der Waals surface area contributed by atoms with Gasteiger partial charge in [-0.1, -0.05) is 17.7 Å². The first kappa shape index (κ1) is 18.8. The van der Waals surface area contributed by atoms with Gasteiger partial charge in [-0.3, -0.25) is 0 Å². The normalized spacial score (nSPS) is 11.6. The number of nitrogens with one attached hydrogen (secondary N) is 1. The van der Waals surface area contributed by atoms with Crippen molar-refractivity contribution in [2.24, 2.45) is 5.10 Å². The molecule has 6 nitrogen and oxygen atoms in total. The molecule has 2 aromatic carbocycles. The summed E-state index contributed by atoms with van der Waals surface area (Å²) >= 11 is 0. The van der Waals surface area contributed by atoms with Gasteiger partial charge >= 0.3 is 0 Å². The lowest BCUT2D eigenvalue weighted by Crippen LogP contribution is -2.20. The third-order valence-corrected chi connectivity index (χ3v) is 5.21. The molecule has 0 fully saturated rings. The average molecular weight is 362 g/mol. The van der Waals surface area contributed by atoms with E-state index in [9.17, 15) is 8.42 Å². The van der Waals surface area contributed by atoms with Crippen molar-refractivity contribution in [3.8, 4) is 11.5 Å². The summed E-state index contributed by atoms with van der Waals surface area (Å²) in [5.74, 6) is 1.18. The van der Waals surface area contributed by atoms with Crippen LogP contribution < -0.4 is 14.3 Å². The minimum atomic E-state index is -3.76. The highest BCUT2D eigenvalue weighted by molar-refractivity contribution is 7.89. The van der Waals surface area contributed by atoms with E-state index in [1.807, 2.05) is 19.1 Å². The van der Waals surface area contributed by atoms with E-state index < -0.39 is 10.0 Å². The van der Waals surface area contributed by atoms with Crippen molar-refractivity contribution in [1.82, 2.24) is 4.83 Å². The van der Waals surface area contributed by atoms with Crippen LogP contribution in [-0.4, -0.2) is 28.9 Å². The number of sulfonamides is 1. The summed E-state index contributed by atoms with van der Waals surface area (Å²) < 4.78 is 35.5. The molecule has 0 aliphatic heterocycles. The van der Waals surface area contributed by atoms with Crippen molar-refractivity contribution >= 4 is 16.2 Å². The van der Waals surface area contributed by atoms with Crippen molar-refractivity contribution in [1.29, 1.82) is 0 Å². The van der Waals surface area contributed by atoms with Crippen LogP contribution in [0.4, 0.5) is 0 Å². The number of rotatable bonds is 6. The van der Waals surface area contributed by atoms with Gasteiger partial charge in [-0.05, 0) is 50.1 Å². The number of benzene rings is 2. The summed E-state index contributed by atoms with van der Waals surface area (Å²) in [6, 6.07) is 8.84. The SMILES string of the molecule is COc1ccc(OC)c(/C=N/NS(=O)(=O)c2c(C)cc(C)cc2C)c1. The fraction of sp³-hybridized carbons (Fsp3) is 0.278. The molecule has 2 aromatic rings. The molecule has 0 aliphatic carbocycles. The van der Waals surface area contributed by atoms with Crippen LogP contribution in [0.15, 0.2) is 40.3 Å². The van der Waals surface area contributed by atoms with Gasteiger partial charge in [0.15, 0.2) is 0 Å². The Morgan fingerprint density at radius 3 is 2.20 bits per heavy atom. The lowest BCUT2D eigenvalue weighted by Gasteiger charge is -2.11. The molecule has 0 heterocycles. The molecule has 0 radical (unpaired) electrons. The second kappa shape index (κ2) is 7.57. The largest absolute Gasteiger partial charge is 0.497 e. The summed E-state index contributed by atoms with van der Waals surface area (Å²) in [6.07, 6.45) is 1.39. The van der Waals surface area contributed by atoms with Gasteiger partial charge in [0.1, 0.15) is 11.5 Å². The van der Waals surface area contributed by atoms with E-state index in [4.69, 9.17) is 9.47 Å². The van der Waals surface area contributed by atoms with E-state index >= 15 is 0 Å². The molecule has 25 heavy (non-hydrogen) atoms. The zero-order valence-electron chi connectivity index (χ0n) is 15.0. The summed E-state index contributed by atoms with van der Waals surface area (Å²) in [6.45, 7) is 5.46. The number of aryl methyl sites for hydroxylation is 3. The Morgan fingerprint density at radius 1 is 1.00 bits per heavy atom. The molecule has 1 N–H and O–H groups in total. The maximum Gasteiger partial charge on any atom is 0.277 e. The first-order valence-electron chi connectivity index (χ1n) is 7.63. The zero-order chi connectivity index (χ0) is 18.6. The topological polar surface area (TPSA) is 77.0 Å². The minimum absolute atomic E-state index is 0.243. The van der Waals surface area contributed by atoms with Gasteiger partial charge in [0.2, 0.25) is 0 Å². The van der Waals surface area contributed by atoms with Crippen LogP contribution in [0.1, 0.15) is 22.3 Å². The highest BCUT2D eigenvalue weighted by atomic mass is 32.2. The number of methoxy groups -OCH3 is 2. The quantitative estimate of drug-likeness (QED) is 0.633. The Balaban J connectivity index is 2.30. The van der Waals surface area contributed by atoms with Crippen molar-refractivity contribution in [2.75, 3.05) is 14.2 Å². The molecule has 0 bridgehead atoms. The van der Waals surface area contributed by atoms with E-state index in [-0.39, 0.29) is 4.90 Å². The van der Waals surface area contributed by atoms with Gasteiger partial charge in [-0.25, -0.2) is 4.83 Å². The summed E-state index contributed by atoms with van der Waals surface area (Å²) in [4.78, 5) is 2.50. The minimum Gasteiger partial charge on any atom is -0.497 e. The second-order valence-electron chi connectivity index (χ2n) is 5.69. The number of hydrazone groups is 1. The Hall–Kier alpha value is -2.54. The van der Waals surface area contributed by atoms with Gasteiger partial charge < -0.3 is 9.47 Å². The predicted octanol–water partition coefficient (Wildman–Crippen LogP) is 2.94. The van der Waals surface area contributed by atoms with E-state index in [2.05, 4.69) is 9.93 Å². The predicted molar refractivity (Wildman–Crippen MR) is 98.1 cm³/mol. The van der Waals surface area contributed by atoms with E-state index in [0.717, 1.165) is 5.56 Å². The molecule has 0 unspecified atom stereocenters. The Labute approximate surface area is 148 Å². The van der Waals surface area contributed by atoms with Crippen LogP contribution in [0.2, 0.25) is 0 Å². The highest BCUT2D eigenvalue weighted by Crippen LogP contribution is 2.23. The van der Waals surface area contributed by atoms with Crippen molar-refractivity contribution in [2.45, 2.75) is 25.7 Å². The average Bonchev–Trinajstić information content (AvgIpc) is 2.53. The molecular weight excluding hydrogens is 340 g/mol. The summed E-state index contributed by atoms with van der Waals surface area (Å²) in [5.41, 5.74) is 2.97. The molecule has 2 rings (SSSR count). The Kier molecular flexibility index (Phi) is 5.69. The van der Waals surface area contributed by atoms with Crippen molar-refractivity contribution in [3.05, 3.63) is 52.6 Å². The second-order valence-corrected chi connectivity index (χ2v) is 7.29. The lowest BCUT2D eigenvalue weighted by atomic mass is 10.1. The van der Waals surface area contributed by atoms with E-state index in [1.54, 1.807) is 39.2 Å². The molecule has 0 aliphatic rings. The number of nitrogens with zero attached hydrogens (tertiary/aromatic N) is 1. The lowest BCUT2D eigenvalue weighted by molar-refractivity contribution is 0.402. The Bertz CT molecular complexity index is 882.